The summed E-state index contributed by atoms with van der Waals surface area (Å²) >= 11 is 0. The first kappa shape index (κ1) is 14.6. The third-order valence-corrected chi connectivity index (χ3v) is 6.65. The van der Waals surface area contributed by atoms with Crippen molar-refractivity contribution in [1.29, 1.82) is 0 Å². The van der Waals surface area contributed by atoms with Gasteiger partial charge in [-0.2, -0.15) is 0 Å². The predicted octanol–water partition coefficient (Wildman–Crippen LogP) is 3.45. The van der Waals surface area contributed by atoms with E-state index in [1.54, 1.807) is 6.07 Å². The van der Waals surface area contributed by atoms with Gasteiger partial charge in [0, 0.05) is 12.0 Å². The molecule has 4 saturated carbocycles. The van der Waals surface area contributed by atoms with Crippen molar-refractivity contribution in [2.45, 2.75) is 64.5 Å². The summed E-state index contributed by atoms with van der Waals surface area (Å²) < 4.78 is 0. The molecule has 0 unspecified atom stereocenters. The fourth-order valence-electron chi connectivity index (χ4n) is 6.32. The van der Waals surface area contributed by atoms with Gasteiger partial charge in [0.1, 0.15) is 12.3 Å². The molecule has 0 saturated heterocycles. The molecule has 2 nitrogen and oxygen atoms in total. The zero-order chi connectivity index (χ0) is 15.2. The van der Waals surface area contributed by atoms with E-state index in [2.05, 4.69) is 12.2 Å². The second-order valence-corrected chi connectivity index (χ2v) is 8.67. The zero-order valence-electron chi connectivity index (χ0n) is 13.8. The quantitative estimate of drug-likeness (QED) is 0.858. The first-order chi connectivity index (χ1) is 10.6. The molecule has 1 aromatic rings. The van der Waals surface area contributed by atoms with Crippen LogP contribution in [0.5, 0.6) is 5.75 Å². The van der Waals surface area contributed by atoms with Gasteiger partial charge in [-0.1, -0.05) is 12.1 Å². The van der Waals surface area contributed by atoms with E-state index in [9.17, 15) is 5.11 Å². The van der Waals surface area contributed by atoms with Gasteiger partial charge in [0.2, 0.25) is 0 Å². The second-order valence-electron chi connectivity index (χ2n) is 8.67. The van der Waals surface area contributed by atoms with E-state index in [1.165, 1.54) is 44.9 Å². The maximum Gasteiger partial charge on any atom is 0.124 e. The Kier molecular flexibility index (Phi) is 3.68. The van der Waals surface area contributed by atoms with E-state index < -0.39 is 0 Å². The van der Waals surface area contributed by atoms with Crippen molar-refractivity contribution in [1.82, 2.24) is 0 Å². The van der Waals surface area contributed by atoms with Gasteiger partial charge in [-0.3, -0.25) is 0 Å². The molecule has 4 aliphatic rings. The molecule has 0 amide bonds. The standard InChI is InChI=1S/C20H29NO/c1-14(21-13-18-4-2-3-5-19(18)22)9-20-10-15-6-16(11-20)8-17(7-15)12-20/h2-5,14-17,21-22H,6-13H2,1H3/p+1/t14-,15?,16?,17?,20?/m1/s1. The van der Waals surface area contributed by atoms with Gasteiger partial charge in [0.15, 0.2) is 0 Å². The number of phenols is 1. The average molecular weight is 300 g/mol. The molecule has 1 atom stereocenters. The highest BCUT2D eigenvalue weighted by atomic mass is 16.3. The van der Waals surface area contributed by atoms with E-state index in [1.807, 2.05) is 18.2 Å². The molecule has 5 rings (SSSR count). The Morgan fingerprint density at radius 2 is 1.68 bits per heavy atom. The summed E-state index contributed by atoms with van der Waals surface area (Å²) in [5.41, 5.74) is 1.74. The molecule has 4 aliphatic carbocycles. The summed E-state index contributed by atoms with van der Waals surface area (Å²) in [5.74, 6) is 3.60. The minimum atomic E-state index is 0.445. The van der Waals surface area contributed by atoms with Crippen LogP contribution in [0.3, 0.4) is 0 Å². The molecule has 0 heterocycles. The molecule has 1 aromatic carbocycles. The molecule has 4 bridgehead atoms. The van der Waals surface area contributed by atoms with Crippen molar-refractivity contribution in [3.8, 4) is 5.75 Å². The van der Waals surface area contributed by atoms with E-state index in [-0.39, 0.29) is 0 Å². The van der Waals surface area contributed by atoms with Crippen LogP contribution in [0.2, 0.25) is 0 Å². The van der Waals surface area contributed by atoms with Gasteiger partial charge >= 0.3 is 0 Å². The van der Waals surface area contributed by atoms with Crippen LogP contribution in [-0.2, 0) is 6.54 Å². The first-order valence-corrected chi connectivity index (χ1v) is 9.22. The van der Waals surface area contributed by atoms with Gasteiger partial charge < -0.3 is 10.4 Å². The first-order valence-electron chi connectivity index (χ1n) is 9.22. The fourth-order valence-corrected chi connectivity index (χ4v) is 6.32. The molecule has 0 spiro atoms. The fraction of sp³-hybridized carbons (Fsp3) is 0.700. The molecule has 0 aliphatic heterocycles. The maximum atomic E-state index is 9.91. The number of benzene rings is 1. The average Bonchev–Trinajstić information content (AvgIpc) is 2.44. The minimum absolute atomic E-state index is 0.445. The molecule has 120 valence electrons. The SMILES string of the molecule is C[C@H](CC12CC3CC(CC(C3)C1)C2)[NH2+]Cc1ccccc1O. The van der Waals surface area contributed by atoms with Crippen molar-refractivity contribution < 1.29 is 10.4 Å². The van der Waals surface area contributed by atoms with Crippen LogP contribution in [0.4, 0.5) is 0 Å². The lowest BCUT2D eigenvalue weighted by molar-refractivity contribution is -0.703. The normalized spacial score (nSPS) is 37.4. The topological polar surface area (TPSA) is 36.8 Å². The van der Waals surface area contributed by atoms with E-state index >= 15 is 0 Å². The number of aromatic hydroxyl groups is 1. The predicted molar refractivity (Wildman–Crippen MR) is 88.4 cm³/mol. The zero-order valence-corrected chi connectivity index (χ0v) is 13.8. The highest BCUT2D eigenvalue weighted by molar-refractivity contribution is 5.30. The summed E-state index contributed by atoms with van der Waals surface area (Å²) in [4.78, 5) is 0. The van der Waals surface area contributed by atoms with Crippen LogP contribution in [0.1, 0.15) is 57.4 Å². The van der Waals surface area contributed by atoms with Gasteiger partial charge in [0.05, 0.1) is 6.04 Å². The summed E-state index contributed by atoms with van der Waals surface area (Å²) in [5, 5.41) is 12.3. The largest absolute Gasteiger partial charge is 0.507 e. The number of hydrogen-bond donors (Lipinski definition) is 2. The molecule has 0 aromatic heterocycles. The van der Waals surface area contributed by atoms with Gasteiger partial charge in [-0.25, -0.2) is 0 Å². The number of phenolic OH excluding ortho intramolecular Hbond substituents is 1. The Labute approximate surface area is 134 Å². The number of quaternary nitrogens is 1. The van der Waals surface area contributed by atoms with Crippen molar-refractivity contribution in [2.75, 3.05) is 0 Å². The number of nitrogens with two attached hydrogens (primary N) is 1. The lowest BCUT2D eigenvalue weighted by atomic mass is 9.48. The molecule has 3 N–H and O–H groups in total. The highest BCUT2D eigenvalue weighted by Crippen LogP contribution is 2.61. The van der Waals surface area contributed by atoms with Crippen LogP contribution >= 0.6 is 0 Å². The smallest absolute Gasteiger partial charge is 0.124 e. The molecular weight excluding hydrogens is 270 g/mol. The Balaban J connectivity index is 1.36. The summed E-state index contributed by atoms with van der Waals surface area (Å²) in [6.45, 7) is 3.29. The number of para-hydroxylation sites is 1. The summed E-state index contributed by atoms with van der Waals surface area (Å²) in [6.07, 6.45) is 10.5. The van der Waals surface area contributed by atoms with Gasteiger partial charge in [-0.05, 0) is 80.8 Å². The molecule has 22 heavy (non-hydrogen) atoms. The van der Waals surface area contributed by atoms with Crippen LogP contribution in [0.15, 0.2) is 24.3 Å². The van der Waals surface area contributed by atoms with Gasteiger partial charge in [0.25, 0.3) is 0 Å². The monoisotopic (exact) mass is 300 g/mol. The molecule has 2 heteroatoms. The second kappa shape index (κ2) is 5.56. The Morgan fingerprint density at radius 1 is 1.09 bits per heavy atom. The van der Waals surface area contributed by atoms with Crippen LogP contribution in [0.25, 0.3) is 0 Å². The number of rotatable bonds is 5. The third-order valence-electron chi connectivity index (χ3n) is 6.65. The minimum Gasteiger partial charge on any atom is -0.507 e. The van der Waals surface area contributed by atoms with Crippen LogP contribution < -0.4 is 5.32 Å². The van der Waals surface area contributed by atoms with E-state index in [0.29, 0.717) is 17.2 Å². The third kappa shape index (κ3) is 2.78. The summed E-state index contributed by atoms with van der Waals surface area (Å²) in [6, 6.07) is 8.43. The van der Waals surface area contributed by atoms with Crippen LogP contribution in [0, 0.1) is 23.2 Å². The Morgan fingerprint density at radius 3 is 2.27 bits per heavy atom. The lowest BCUT2D eigenvalue weighted by Crippen LogP contribution is -2.88. The van der Waals surface area contributed by atoms with Crippen molar-refractivity contribution in [3.05, 3.63) is 29.8 Å². The van der Waals surface area contributed by atoms with E-state index in [0.717, 1.165) is 29.9 Å². The van der Waals surface area contributed by atoms with Crippen LogP contribution in [-0.4, -0.2) is 11.1 Å². The lowest BCUT2D eigenvalue weighted by Gasteiger charge is -2.57. The highest BCUT2D eigenvalue weighted by Gasteiger charge is 2.51. The van der Waals surface area contributed by atoms with Crippen molar-refractivity contribution in [3.63, 3.8) is 0 Å². The molecule has 4 fully saturated rings. The Bertz CT molecular complexity index is 503. The maximum absolute atomic E-state index is 9.91. The van der Waals surface area contributed by atoms with E-state index in [4.69, 9.17) is 0 Å². The van der Waals surface area contributed by atoms with Gasteiger partial charge in [-0.15, -0.1) is 0 Å². The van der Waals surface area contributed by atoms with Crippen molar-refractivity contribution in [2.24, 2.45) is 23.2 Å². The molecular formula is C20H30NO+. The number of hydrogen-bond acceptors (Lipinski definition) is 1. The Hall–Kier alpha value is -1.02. The summed E-state index contributed by atoms with van der Waals surface area (Å²) in [7, 11) is 0. The molecule has 0 radical (unpaired) electrons. The van der Waals surface area contributed by atoms with Crippen molar-refractivity contribution >= 4 is 0 Å².